The number of hydrogen-bond donors (Lipinski definition) is 1. The molecule has 0 saturated carbocycles. The number of thiazole rings is 1. The van der Waals surface area contributed by atoms with Gasteiger partial charge in [-0.1, -0.05) is 0 Å². The van der Waals surface area contributed by atoms with E-state index in [1.54, 1.807) is 11.3 Å². The van der Waals surface area contributed by atoms with E-state index in [0.717, 1.165) is 46.2 Å². The number of nitrogens with zero attached hydrogens (tertiary/aromatic N) is 3. The number of fused-ring (bicyclic) bond motifs is 1. The van der Waals surface area contributed by atoms with Crippen molar-refractivity contribution in [1.82, 2.24) is 9.97 Å². The molecular weight excluding hydrogens is 258 g/mol. The highest BCUT2D eigenvalue weighted by Crippen LogP contribution is 2.37. The lowest BCUT2D eigenvalue weighted by Crippen LogP contribution is -2.08. The minimum atomic E-state index is -0.337. The number of aliphatic hydroxyl groups is 1. The molecule has 0 saturated heterocycles. The highest BCUT2D eigenvalue weighted by atomic mass is 32.1. The maximum atomic E-state index is 9.98. The largest absolute Gasteiger partial charge is 0.388 e. The maximum Gasteiger partial charge on any atom is 0.142 e. The van der Waals surface area contributed by atoms with Crippen LogP contribution in [0, 0.1) is 0 Å². The normalized spacial score (nSPS) is 18.2. The zero-order valence-electron chi connectivity index (χ0n) is 11.1. The summed E-state index contributed by atoms with van der Waals surface area (Å²) < 4.78 is 0. The molecule has 0 spiro atoms. The number of anilines is 1. The van der Waals surface area contributed by atoms with Crippen molar-refractivity contribution in [1.29, 1.82) is 0 Å². The lowest BCUT2D eigenvalue weighted by atomic mass is 10.0. The van der Waals surface area contributed by atoms with Crippen LogP contribution >= 0.6 is 11.3 Å². The summed E-state index contributed by atoms with van der Waals surface area (Å²) in [7, 11) is 3.99. The predicted molar refractivity (Wildman–Crippen MR) is 77.6 cm³/mol. The zero-order chi connectivity index (χ0) is 13.4. The van der Waals surface area contributed by atoms with Crippen LogP contribution in [0.15, 0.2) is 18.3 Å². The number of aromatic nitrogens is 2. The van der Waals surface area contributed by atoms with E-state index in [1.165, 1.54) is 0 Å². The van der Waals surface area contributed by atoms with Crippen molar-refractivity contribution in [3.05, 3.63) is 28.9 Å². The van der Waals surface area contributed by atoms with Gasteiger partial charge in [-0.2, -0.15) is 0 Å². The number of pyridine rings is 1. The number of aliphatic hydroxyl groups excluding tert-OH is 1. The molecular formula is C14H17N3OS. The van der Waals surface area contributed by atoms with E-state index in [0.29, 0.717) is 0 Å². The fourth-order valence-electron chi connectivity index (χ4n) is 2.28. The molecule has 2 heterocycles. The summed E-state index contributed by atoms with van der Waals surface area (Å²) in [5, 5.41) is 10.9. The molecule has 0 bridgehead atoms. The van der Waals surface area contributed by atoms with Gasteiger partial charge in [-0.15, -0.1) is 11.3 Å². The number of hydrogen-bond acceptors (Lipinski definition) is 5. The molecule has 0 amide bonds. The number of aryl methyl sites for hydroxylation is 1. The lowest BCUT2D eigenvalue weighted by Gasteiger charge is -2.14. The first kappa shape index (κ1) is 12.6. The molecule has 1 unspecified atom stereocenters. The van der Waals surface area contributed by atoms with E-state index in [2.05, 4.69) is 9.97 Å². The van der Waals surface area contributed by atoms with Gasteiger partial charge in [0.15, 0.2) is 0 Å². The van der Waals surface area contributed by atoms with Crippen LogP contribution in [0.25, 0.3) is 10.7 Å². The van der Waals surface area contributed by atoms with E-state index in [-0.39, 0.29) is 6.10 Å². The van der Waals surface area contributed by atoms with Crippen molar-refractivity contribution < 1.29 is 5.11 Å². The Labute approximate surface area is 116 Å². The Balaban J connectivity index is 1.94. The highest BCUT2D eigenvalue weighted by molar-refractivity contribution is 7.15. The first-order valence-electron chi connectivity index (χ1n) is 6.46. The van der Waals surface area contributed by atoms with Gasteiger partial charge in [0.2, 0.25) is 0 Å². The third kappa shape index (κ3) is 2.35. The standard InChI is InChI=1S/C14H17N3OS/c1-17(2)9-6-7-11(15-8-9)14-16-10-4-3-5-12(18)13(10)19-14/h6-8,12,18H,3-5H2,1-2H3. The summed E-state index contributed by atoms with van der Waals surface area (Å²) in [4.78, 5) is 12.1. The topological polar surface area (TPSA) is 49.2 Å². The van der Waals surface area contributed by atoms with Crippen LogP contribution in [0.3, 0.4) is 0 Å². The summed E-state index contributed by atoms with van der Waals surface area (Å²) in [5.74, 6) is 0. The first-order chi connectivity index (χ1) is 9.15. The van der Waals surface area contributed by atoms with Gasteiger partial charge in [-0.05, 0) is 31.4 Å². The minimum Gasteiger partial charge on any atom is -0.388 e. The Bertz CT molecular complexity index is 577. The Morgan fingerprint density at radius 1 is 1.37 bits per heavy atom. The van der Waals surface area contributed by atoms with E-state index in [9.17, 15) is 5.11 Å². The maximum absolute atomic E-state index is 9.98. The van der Waals surface area contributed by atoms with Crippen LogP contribution in [0.5, 0.6) is 0 Å². The van der Waals surface area contributed by atoms with Crippen LogP contribution in [0.1, 0.15) is 29.5 Å². The number of rotatable bonds is 2. The average Bonchev–Trinajstić information content (AvgIpc) is 2.84. The van der Waals surface area contributed by atoms with Crippen molar-refractivity contribution in [2.24, 2.45) is 0 Å². The molecule has 3 rings (SSSR count). The van der Waals surface area contributed by atoms with Gasteiger partial charge >= 0.3 is 0 Å². The molecule has 2 aromatic heterocycles. The van der Waals surface area contributed by atoms with E-state index >= 15 is 0 Å². The van der Waals surface area contributed by atoms with Crippen LogP contribution < -0.4 is 4.90 Å². The Morgan fingerprint density at radius 3 is 2.84 bits per heavy atom. The first-order valence-corrected chi connectivity index (χ1v) is 7.28. The molecule has 4 nitrogen and oxygen atoms in total. The summed E-state index contributed by atoms with van der Waals surface area (Å²) in [6.07, 6.45) is 4.35. The van der Waals surface area contributed by atoms with Crippen molar-refractivity contribution in [2.45, 2.75) is 25.4 Å². The van der Waals surface area contributed by atoms with Crippen molar-refractivity contribution >= 4 is 17.0 Å². The molecule has 100 valence electrons. The fourth-order valence-corrected chi connectivity index (χ4v) is 3.39. The Hall–Kier alpha value is -1.46. The summed E-state index contributed by atoms with van der Waals surface area (Å²) >= 11 is 1.57. The van der Waals surface area contributed by atoms with Crippen molar-refractivity contribution in [2.75, 3.05) is 19.0 Å². The van der Waals surface area contributed by atoms with Crippen LogP contribution in [-0.2, 0) is 6.42 Å². The molecule has 0 fully saturated rings. The van der Waals surface area contributed by atoms with Crippen molar-refractivity contribution in [3.8, 4) is 10.7 Å². The molecule has 2 aromatic rings. The SMILES string of the molecule is CN(C)c1ccc(-c2nc3c(s2)C(O)CCC3)nc1. The van der Waals surface area contributed by atoms with Crippen LogP contribution in [-0.4, -0.2) is 29.2 Å². The van der Waals surface area contributed by atoms with Gasteiger partial charge in [0, 0.05) is 14.1 Å². The molecule has 1 aliphatic rings. The molecule has 0 aliphatic heterocycles. The minimum absolute atomic E-state index is 0.337. The van der Waals surface area contributed by atoms with E-state index in [4.69, 9.17) is 0 Å². The van der Waals surface area contributed by atoms with Crippen LogP contribution in [0.2, 0.25) is 0 Å². The highest BCUT2D eigenvalue weighted by Gasteiger charge is 2.23. The molecule has 0 radical (unpaired) electrons. The lowest BCUT2D eigenvalue weighted by molar-refractivity contribution is 0.160. The second-order valence-corrected chi connectivity index (χ2v) is 6.06. The van der Waals surface area contributed by atoms with Gasteiger partial charge in [0.05, 0.1) is 34.3 Å². The smallest absolute Gasteiger partial charge is 0.142 e. The van der Waals surface area contributed by atoms with Gasteiger partial charge < -0.3 is 10.0 Å². The van der Waals surface area contributed by atoms with Gasteiger partial charge in [0.25, 0.3) is 0 Å². The average molecular weight is 275 g/mol. The molecule has 1 atom stereocenters. The summed E-state index contributed by atoms with van der Waals surface area (Å²) in [5.41, 5.74) is 3.01. The fraction of sp³-hybridized carbons (Fsp3) is 0.429. The molecule has 0 aromatic carbocycles. The summed E-state index contributed by atoms with van der Waals surface area (Å²) in [6, 6.07) is 4.03. The Morgan fingerprint density at radius 2 is 2.21 bits per heavy atom. The van der Waals surface area contributed by atoms with Crippen LogP contribution in [0.4, 0.5) is 5.69 Å². The molecule has 19 heavy (non-hydrogen) atoms. The monoisotopic (exact) mass is 275 g/mol. The molecule has 5 heteroatoms. The van der Waals surface area contributed by atoms with Gasteiger partial charge in [-0.3, -0.25) is 4.98 Å². The van der Waals surface area contributed by atoms with Crippen molar-refractivity contribution in [3.63, 3.8) is 0 Å². The van der Waals surface area contributed by atoms with Gasteiger partial charge in [0.1, 0.15) is 5.01 Å². The Kier molecular flexibility index (Phi) is 3.24. The second-order valence-electron chi connectivity index (χ2n) is 5.03. The third-order valence-electron chi connectivity index (χ3n) is 3.40. The molecule has 1 N–H and O–H groups in total. The van der Waals surface area contributed by atoms with Gasteiger partial charge in [-0.25, -0.2) is 4.98 Å². The third-order valence-corrected chi connectivity index (χ3v) is 4.63. The molecule has 1 aliphatic carbocycles. The summed E-state index contributed by atoms with van der Waals surface area (Å²) in [6.45, 7) is 0. The zero-order valence-corrected chi connectivity index (χ0v) is 11.9. The van der Waals surface area contributed by atoms with E-state index in [1.807, 2.05) is 37.3 Å². The predicted octanol–water partition coefficient (Wildman–Crippen LogP) is 2.64. The second kappa shape index (κ2) is 4.90. The van der Waals surface area contributed by atoms with E-state index < -0.39 is 0 Å². The quantitative estimate of drug-likeness (QED) is 0.915.